The standard InChI is InChI=1S/C11H20ClN5/c1-7(11(13)14)5-16(3)6-9-8(2)15-17(4)10(9)12/h7H,5-6H2,1-4H3,(H3,13,14). The molecule has 1 aromatic heterocycles. The van der Waals surface area contributed by atoms with Gasteiger partial charge >= 0.3 is 0 Å². The van der Waals surface area contributed by atoms with Crippen LogP contribution in [0.2, 0.25) is 5.15 Å². The molecule has 0 saturated heterocycles. The van der Waals surface area contributed by atoms with E-state index in [-0.39, 0.29) is 11.8 Å². The van der Waals surface area contributed by atoms with E-state index in [1.54, 1.807) is 4.68 Å². The van der Waals surface area contributed by atoms with Crippen LogP contribution in [0.5, 0.6) is 0 Å². The zero-order valence-corrected chi connectivity index (χ0v) is 11.5. The molecule has 0 amide bonds. The van der Waals surface area contributed by atoms with E-state index in [1.807, 2.05) is 27.9 Å². The number of nitrogens with one attached hydrogen (secondary N) is 1. The van der Waals surface area contributed by atoms with E-state index in [2.05, 4.69) is 10.00 Å². The summed E-state index contributed by atoms with van der Waals surface area (Å²) in [5, 5.41) is 12.3. The Morgan fingerprint density at radius 1 is 1.65 bits per heavy atom. The van der Waals surface area contributed by atoms with Gasteiger partial charge in [0.05, 0.1) is 11.5 Å². The van der Waals surface area contributed by atoms with E-state index in [0.29, 0.717) is 5.15 Å². The Balaban J connectivity index is 2.68. The minimum Gasteiger partial charge on any atom is -0.387 e. The van der Waals surface area contributed by atoms with E-state index >= 15 is 0 Å². The van der Waals surface area contributed by atoms with Crippen molar-refractivity contribution in [3.63, 3.8) is 0 Å². The third-order valence-electron chi connectivity index (χ3n) is 2.81. The minimum atomic E-state index is 0.0516. The largest absolute Gasteiger partial charge is 0.387 e. The summed E-state index contributed by atoms with van der Waals surface area (Å²) in [6.07, 6.45) is 0. The van der Waals surface area contributed by atoms with Crippen LogP contribution in [0, 0.1) is 18.3 Å². The number of halogens is 1. The Morgan fingerprint density at radius 2 is 2.24 bits per heavy atom. The SMILES string of the molecule is Cc1nn(C)c(Cl)c1CN(C)CC(C)C(=N)N. The van der Waals surface area contributed by atoms with Crippen molar-refractivity contribution in [3.05, 3.63) is 16.4 Å². The molecule has 0 radical (unpaired) electrons. The molecule has 1 unspecified atom stereocenters. The molecule has 1 atom stereocenters. The molecular weight excluding hydrogens is 238 g/mol. The lowest BCUT2D eigenvalue weighted by atomic mass is 10.1. The number of hydrogen-bond acceptors (Lipinski definition) is 3. The summed E-state index contributed by atoms with van der Waals surface area (Å²) in [5.74, 6) is 0.265. The Hall–Kier alpha value is -1.07. The van der Waals surface area contributed by atoms with Gasteiger partial charge in [-0.1, -0.05) is 18.5 Å². The van der Waals surface area contributed by atoms with Crippen molar-refractivity contribution >= 4 is 17.4 Å². The summed E-state index contributed by atoms with van der Waals surface area (Å²) in [5.41, 5.74) is 7.43. The second kappa shape index (κ2) is 5.51. The molecule has 96 valence electrons. The molecule has 0 saturated carbocycles. The van der Waals surface area contributed by atoms with Gasteiger partial charge in [-0.05, 0) is 14.0 Å². The number of nitrogens with two attached hydrogens (primary N) is 1. The minimum absolute atomic E-state index is 0.0516. The van der Waals surface area contributed by atoms with Crippen LogP contribution < -0.4 is 5.73 Å². The highest BCUT2D eigenvalue weighted by atomic mass is 35.5. The first-order valence-corrected chi connectivity index (χ1v) is 5.91. The predicted octanol–water partition coefficient (Wildman–Crippen LogP) is 1.39. The maximum atomic E-state index is 7.37. The van der Waals surface area contributed by atoms with Gasteiger partial charge in [0.25, 0.3) is 0 Å². The zero-order chi connectivity index (χ0) is 13.2. The normalized spacial score (nSPS) is 13.1. The van der Waals surface area contributed by atoms with E-state index in [4.69, 9.17) is 22.7 Å². The van der Waals surface area contributed by atoms with Crippen molar-refractivity contribution in [2.45, 2.75) is 20.4 Å². The first kappa shape index (κ1) is 14.0. The molecule has 0 bridgehead atoms. The topological polar surface area (TPSA) is 70.9 Å². The molecule has 1 rings (SSSR count). The van der Waals surface area contributed by atoms with Crippen molar-refractivity contribution in [1.29, 1.82) is 5.41 Å². The molecule has 5 nitrogen and oxygen atoms in total. The van der Waals surface area contributed by atoms with Gasteiger partial charge in [0.2, 0.25) is 0 Å². The van der Waals surface area contributed by atoms with Gasteiger partial charge in [-0.3, -0.25) is 10.1 Å². The van der Waals surface area contributed by atoms with Crippen LogP contribution in [0.25, 0.3) is 0 Å². The van der Waals surface area contributed by atoms with Crippen LogP contribution in [-0.4, -0.2) is 34.1 Å². The molecule has 1 heterocycles. The fraction of sp³-hybridized carbons (Fsp3) is 0.636. The first-order chi connectivity index (χ1) is 7.82. The summed E-state index contributed by atoms with van der Waals surface area (Å²) in [6.45, 7) is 5.34. The van der Waals surface area contributed by atoms with E-state index in [9.17, 15) is 0 Å². The van der Waals surface area contributed by atoms with E-state index in [0.717, 1.165) is 24.3 Å². The van der Waals surface area contributed by atoms with Gasteiger partial charge in [0.1, 0.15) is 5.15 Å². The molecule has 0 spiro atoms. The van der Waals surface area contributed by atoms with Crippen molar-refractivity contribution < 1.29 is 0 Å². The van der Waals surface area contributed by atoms with Gasteiger partial charge in [-0.15, -0.1) is 0 Å². The molecule has 0 aliphatic carbocycles. The van der Waals surface area contributed by atoms with Gasteiger partial charge in [0, 0.05) is 31.6 Å². The molecule has 0 aliphatic heterocycles. The van der Waals surface area contributed by atoms with Crippen molar-refractivity contribution in [2.75, 3.05) is 13.6 Å². The summed E-state index contributed by atoms with van der Waals surface area (Å²) >= 11 is 6.16. The summed E-state index contributed by atoms with van der Waals surface area (Å²) in [7, 11) is 3.82. The predicted molar refractivity (Wildman–Crippen MR) is 70.4 cm³/mol. The molecule has 0 fully saturated rings. The third-order valence-corrected chi connectivity index (χ3v) is 3.29. The average molecular weight is 258 g/mol. The van der Waals surface area contributed by atoms with Crippen LogP contribution in [0.3, 0.4) is 0 Å². The number of aryl methyl sites for hydroxylation is 2. The van der Waals surface area contributed by atoms with Crippen LogP contribution in [-0.2, 0) is 13.6 Å². The highest BCUT2D eigenvalue weighted by Gasteiger charge is 2.15. The Kier molecular flexibility index (Phi) is 4.54. The van der Waals surface area contributed by atoms with Crippen molar-refractivity contribution in [2.24, 2.45) is 18.7 Å². The molecule has 6 heteroatoms. The zero-order valence-electron chi connectivity index (χ0n) is 10.8. The molecule has 0 aliphatic rings. The van der Waals surface area contributed by atoms with Crippen LogP contribution >= 0.6 is 11.6 Å². The van der Waals surface area contributed by atoms with Gasteiger partial charge in [0.15, 0.2) is 0 Å². The monoisotopic (exact) mass is 257 g/mol. The van der Waals surface area contributed by atoms with Crippen molar-refractivity contribution in [1.82, 2.24) is 14.7 Å². The lowest BCUT2D eigenvalue weighted by Crippen LogP contribution is -2.31. The molecular formula is C11H20ClN5. The van der Waals surface area contributed by atoms with E-state index in [1.165, 1.54) is 0 Å². The summed E-state index contributed by atoms with van der Waals surface area (Å²) < 4.78 is 1.68. The Morgan fingerprint density at radius 3 is 2.65 bits per heavy atom. The van der Waals surface area contributed by atoms with Gasteiger partial charge in [-0.2, -0.15) is 5.10 Å². The number of hydrogen-bond donors (Lipinski definition) is 2. The van der Waals surface area contributed by atoms with Gasteiger partial charge < -0.3 is 10.6 Å². The van der Waals surface area contributed by atoms with Crippen molar-refractivity contribution in [3.8, 4) is 0 Å². The Labute approximate surface area is 107 Å². The Bertz CT molecular complexity index is 412. The fourth-order valence-corrected chi connectivity index (χ4v) is 1.99. The third kappa shape index (κ3) is 3.44. The number of rotatable bonds is 5. The molecule has 1 aromatic rings. The smallest absolute Gasteiger partial charge is 0.131 e. The summed E-state index contributed by atoms with van der Waals surface area (Å²) in [6, 6.07) is 0. The average Bonchev–Trinajstić information content (AvgIpc) is 2.45. The number of nitrogens with zero attached hydrogens (tertiary/aromatic N) is 3. The van der Waals surface area contributed by atoms with Crippen LogP contribution in [0.1, 0.15) is 18.2 Å². The lowest BCUT2D eigenvalue weighted by molar-refractivity contribution is 0.306. The lowest BCUT2D eigenvalue weighted by Gasteiger charge is -2.20. The quantitative estimate of drug-likeness (QED) is 0.619. The number of amidine groups is 1. The second-order valence-corrected chi connectivity index (χ2v) is 4.89. The highest BCUT2D eigenvalue weighted by molar-refractivity contribution is 6.30. The molecule has 17 heavy (non-hydrogen) atoms. The van der Waals surface area contributed by atoms with Crippen LogP contribution in [0.15, 0.2) is 0 Å². The molecule has 3 N–H and O–H groups in total. The fourth-order valence-electron chi connectivity index (χ4n) is 1.75. The highest BCUT2D eigenvalue weighted by Crippen LogP contribution is 2.20. The summed E-state index contributed by atoms with van der Waals surface area (Å²) in [4.78, 5) is 2.10. The van der Waals surface area contributed by atoms with Gasteiger partial charge in [-0.25, -0.2) is 0 Å². The van der Waals surface area contributed by atoms with Crippen LogP contribution in [0.4, 0.5) is 0 Å². The maximum Gasteiger partial charge on any atom is 0.131 e. The second-order valence-electron chi connectivity index (χ2n) is 4.53. The maximum absolute atomic E-state index is 7.37. The van der Waals surface area contributed by atoms with E-state index < -0.39 is 0 Å². The number of aromatic nitrogens is 2. The molecule has 0 aromatic carbocycles. The first-order valence-electron chi connectivity index (χ1n) is 5.53.